The lowest BCUT2D eigenvalue weighted by molar-refractivity contribution is -0.166. The fourth-order valence-corrected chi connectivity index (χ4v) is 4.78. The van der Waals surface area contributed by atoms with Gasteiger partial charge >= 0.3 is 12.2 Å². The highest BCUT2D eigenvalue weighted by Crippen LogP contribution is 2.32. The second kappa shape index (κ2) is 9.36. The Morgan fingerprint density at radius 2 is 1.94 bits per heavy atom. The summed E-state index contributed by atoms with van der Waals surface area (Å²) in [7, 11) is 0. The first-order valence-electron chi connectivity index (χ1n) is 10.4. The fraction of sp³-hybridized carbons (Fsp3) is 0.600. The van der Waals surface area contributed by atoms with Crippen molar-refractivity contribution in [1.29, 1.82) is 0 Å². The van der Waals surface area contributed by atoms with E-state index in [-0.39, 0.29) is 24.2 Å². The van der Waals surface area contributed by atoms with Crippen LogP contribution in [0.25, 0.3) is 10.2 Å². The van der Waals surface area contributed by atoms with Gasteiger partial charge in [-0.2, -0.15) is 13.2 Å². The molecule has 0 radical (unpaired) electrons. The van der Waals surface area contributed by atoms with E-state index in [9.17, 15) is 22.4 Å². The van der Waals surface area contributed by atoms with E-state index in [1.807, 2.05) is 0 Å². The molecule has 12 heteroatoms. The van der Waals surface area contributed by atoms with Crippen molar-refractivity contribution >= 4 is 27.6 Å². The van der Waals surface area contributed by atoms with Crippen molar-refractivity contribution in [1.82, 2.24) is 20.5 Å². The molecular weight excluding hydrogens is 452 g/mol. The van der Waals surface area contributed by atoms with Crippen molar-refractivity contribution in [3.63, 3.8) is 0 Å². The van der Waals surface area contributed by atoms with Crippen LogP contribution in [0.4, 0.5) is 22.4 Å². The first kappa shape index (κ1) is 23.0. The molecule has 0 bridgehead atoms. The number of benzene rings is 1. The van der Waals surface area contributed by atoms with Crippen LogP contribution in [0, 0.1) is 5.82 Å². The van der Waals surface area contributed by atoms with E-state index >= 15 is 0 Å². The number of carbonyl (C=O) groups excluding carboxylic acids is 1. The van der Waals surface area contributed by atoms with Crippen LogP contribution in [-0.4, -0.2) is 71.1 Å². The molecule has 2 amide bonds. The maximum atomic E-state index is 13.7. The standard InChI is InChI=1S/C20H24F4N4O3S/c21-11-5-15-18(32-10-25-15)16(6-11)31-14-7-28(8-14)19(30)27-13-3-1-12(2-4-13)26-17(9-29)20(22,23)24/h5-6,10,12-14,17,26,29H,1-4,7-9H2,(H,27,30). The highest BCUT2D eigenvalue weighted by atomic mass is 32.1. The number of urea groups is 1. The zero-order valence-electron chi connectivity index (χ0n) is 17.1. The third kappa shape index (κ3) is 5.24. The summed E-state index contributed by atoms with van der Waals surface area (Å²) in [6, 6.07) is 0.0253. The number of aromatic nitrogens is 1. The Balaban J connectivity index is 1.20. The number of ether oxygens (including phenoxy) is 1. The number of halogens is 4. The Labute approximate surface area is 185 Å². The van der Waals surface area contributed by atoms with Crippen LogP contribution < -0.4 is 15.4 Å². The number of thiazole rings is 1. The molecule has 1 saturated carbocycles. The molecule has 3 N–H and O–H groups in total. The maximum Gasteiger partial charge on any atom is 0.406 e. The smallest absolute Gasteiger partial charge is 0.406 e. The lowest BCUT2D eigenvalue weighted by Gasteiger charge is -2.40. The molecule has 1 aliphatic heterocycles. The molecule has 1 aromatic heterocycles. The number of rotatable bonds is 6. The molecule has 0 spiro atoms. The third-order valence-corrected chi connectivity index (χ3v) is 6.72. The Hall–Kier alpha value is -2.18. The summed E-state index contributed by atoms with van der Waals surface area (Å²) in [6.45, 7) is -0.269. The summed E-state index contributed by atoms with van der Waals surface area (Å²) in [5, 5.41) is 14.3. The van der Waals surface area contributed by atoms with Crippen LogP contribution in [0.5, 0.6) is 5.75 Å². The number of hydrogen-bond acceptors (Lipinski definition) is 6. The van der Waals surface area contributed by atoms with E-state index in [0.29, 0.717) is 50.0 Å². The first-order valence-corrected chi connectivity index (χ1v) is 11.3. The summed E-state index contributed by atoms with van der Waals surface area (Å²) < 4.78 is 58.7. The molecule has 1 unspecified atom stereocenters. The maximum absolute atomic E-state index is 13.7. The van der Waals surface area contributed by atoms with Crippen LogP contribution >= 0.6 is 11.3 Å². The van der Waals surface area contributed by atoms with E-state index in [1.54, 1.807) is 10.4 Å². The minimum atomic E-state index is -4.49. The van der Waals surface area contributed by atoms with Gasteiger partial charge in [-0.05, 0) is 25.7 Å². The van der Waals surface area contributed by atoms with Crippen molar-refractivity contribution in [3.05, 3.63) is 23.5 Å². The minimum Gasteiger partial charge on any atom is -0.485 e. The number of amides is 2. The summed E-state index contributed by atoms with van der Waals surface area (Å²) in [5.74, 6) is -0.0172. The zero-order chi connectivity index (χ0) is 22.9. The van der Waals surface area contributed by atoms with Crippen molar-refractivity contribution in [3.8, 4) is 5.75 Å². The lowest BCUT2D eigenvalue weighted by Crippen LogP contribution is -2.60. The van der Waals surface area contributed by atoms with Gasteiger partial charge in [0.1, 0.15) is 23.7 Å². The van der Waals surface area contributed by atoms with E-state index in [4.69, 9.17) is 9.84 Å². The van der Waals surface area contributed by atoms with Crippen LogP contribution in [0.15, 0.2) is 17.6 Å². The topological polar surface area (TPSA) is 86.7 Å². The molecule has 1 aromatic carbocycles. The highest BCUT2D eigenvalue weighted by Gasteiger charge is 2.41. The number of fused-ring (bicyclic) bond motifs is 1. The molecule has 2 aromatic rings. The summed E-state index contributed by atoms with van der Waals surface area (Å²) in [5.41, 5.74) is 2.15. The van der Waals surface area contributed by atoms with Gasteiger partial charge < -0.3 is 25.4 Å². The number of likely N-dealkylation sites (tertiary alicyclic amines) is 1. The molecule has 1 saturated heterocycles. The summed E-state index contributed by atoms with van der Waals surface area (Å²) >= 11 is 1.36. The van der Waals surface area contributed by atoms with Gasteiger partial charge in [-0.1, -0.05) is 0 Å². The number of hydrogen-bond donors (Lipinski definition) is 3. The second-order valence-corrected chi connectivity index (χ2v) is 9.05. The average Bonchev–Trinajstić information content (AvgIpc) is 3.17. The normalized spacial score (nSPS) is 23.1. The molecule has 2 heterocycles. The van der Waals surface area contributed by atoms with Gasteiger partial charge in [0.05, 0.1) is 35.4 Å². The largest absolute Gasteiger partial charge is 0.485 e. The average molecular weight is 476 g/mol. The summed E-state index contributed by atoms with van der Waals surface area (Å²) in [6.07, 6.45) is -2.67. The van der Waals surface area contributed by atoms with Crippen molar-refractivity contribution < 1.29 is 32.2 Å². The highest BCUT2D eigenvalue weighted by molar-refractivity contribution is 7.17. The Bertz CT molecular complexity index is 943. The fourth-order valence-electron chi connectivity index (χ4n) is 4.06. The molecule has 176 valence electrons. The van der Waals surface area contributed by atoms with E-state index in [0.717, 1.165) is 4.70 Å². The Kier molecular flexibility index (Phi) is 6.72. The number of alkyl halides is 3. The second-order valence-electron chi connectivity index (χ2n) is 8.19. The van der Waals surface area contributed by atoms with Crippen molar-refractivity contribution in [2.45, 2.75) is 56.1 Å². The summed E-state index contributed by atoms with van der Waals surface area (Å²) in [4.78, 5) is 18.1. The van der Waals surface area contributed by atoms with E-state index in [1.165, 1.54) is 23.5 Å². The zero-order valence-corrected chi connectivity index (χ0v) is 17.9. The number of aliphatic hydroxyl groups excluding tert-OH is 1. The van der Waals surface area contributed by atoms with Gasteiger partial charge in [0, 0.05) is 24.2 Å². The molecule has 2 fully saturated rings. The molecule has 7 nitrogen and oxygen atoms in total. The predicted molar refractivity (Wildman–Crippen MR) is 110 cm³/mol. The Morgan fingerprint density at radius 1 is 1.25 bits per heavy atom. The molecule has 32 heavy (non-hydrogen) atoms. The van der Waals surface area contributed by atoms with Gasteiger partial charge in [0.15, 0.2) is 0 Å². The van der Waals surface area contributed by atoms with Gasteiger partial charge in [-0.3, -0.25) is 0 Å². The van der Waals surface area contributed by atoms with Crippen LogP contribution in [0.3, 0.4) is 0 Å². The first-order chi connectivity index (χ1) is 15.2. The van der Waals surface area contributed by atoms with E-state index < -0.39 is 24.6 Å². The van der Waals surface area contributed by atoms with Gasteiger partial charge in [0.2, 0.25) is 0 Å². The van der Waals surface area contributed by atoms with Crippen molar-refractivity contribution in [2.75, 3.05) is 19.7 Å². The molecule has 1 aliphatic carbocycles. The minimum absolute atomic E-state index is 0.112. The number of nitrogens with one attached hydrogen (secondary N) is 2. The van der Waals surface area contributed by atoms with Crippen LogP contribution in [0.1, 0.15) is 25.7 Å². The van der Waals surface area contributed by atoms with E-state index in [2.05, 4.69) is 15.6 Å². The van der Waals surface area contributed by atoms with Gasteiger partial charge in [-0.25, -0.2) is 14.2 Å². The Morgan fingerprint density at radius 3 is 2.59 bits per heavy atom. The number of carbonyl (C=O) groups is 1. The lowest BCUT2D eigenvalue weighted by atomic mass is 9.90. The molecule has 4 rings (SSSR count). The third-order valence-electron chi connectivity index (χ3n) is 5.86. The van der Waals surface area contributed by atoms with Crippen LogP contribution in [-0.2, 0) is 0 Å². The SMILES string of the molecule is O=C(NC1CCC(NC(CO)C(F)(F)F)CC1)N1CC(Oc2cc(F)cc3ncsc23)C1. The molecular formula is C20H24F4N4O3S. The van der Waals surface area contributed by atoms with Crippen molar-refractivity contribution in [2.24, 2.45) is 0 Å². The van der Waals surface area contributed by atoms with Crippen LogP contribution in [0.2, 0.25) is 0 Å². The predicted octanol–water partition coefficient (Wildman–Crippen LogP) is 3.03. The number of nitrogens with zero attached hydrogens (tertiary/aromatic N) is 2. The number of aliphatic hydroxyl groups is 1. The van der Waals surface area contributed by atoms with Gasteiger partial charge in [-0.15, -0.1) is 11.3 Å². The molecule has 1 atom stereocenters. The monoisotopic (exact) mass is 476 g/mol. The quantitative estimate of drug-likeness (QED) is 0.558. The van der Waals surface area contributed by atoms with Gasteiger partial charge in [0.25, 0.3) is 0 Å². The molecule has 2 aliphatic rings.